The van der Waals surface area contributed by atoms with E-state index in [1.54, 1.807) is 0 Å². The van der Waals surface area contributed by atoms with Gasteiger partial charge >= 0.3 is 0 Å². The smallest absolute Gasteiger partial charge is 0.222 e. The van der Waals surface area contributed by atoms with Crippen molar-refractivity contribution in [1.82, 2.24) is 20.1 Å². The van der Waals surface area contributed by atoms with E-state index in [-0.39, 0.29) is 0 Å². The van der Waals surface area contributed by atoms with Gasteiger partial charge in [0, 0.05) is 31.8 Å². The quantitative estimate of drug-likeness (QED) is 0.908. The van der Waals surface area contributed by atoms with Gasteiger partial charge in [-0.25, -0.2) is 4.98 Å². The Hall–Kier alpha value is -1.39. The molecule has 1 aliphatic heterocycles. The van der Waals surface area contributed by atoms with Crippen LogP contribution in [0.4, 0.5) is 0 Å². The van der Waals surface area contributed by atoms with E-state index in [1.807, 2.05) is 0 Å². The van der Waals surface area contributed by atoms with Gasteiger partial charge in [0.2, 0.25) is 5.91 Å². The molecule has 1 saturated heterocycles. The first-order valence-corrected chi connectivity index (χ1v) is 9.47. The number of hydrogen-bond acceptors (Lipinski definition) is 3. The van der Waals surface area contributed by atoms with Crippen molar-refractivity contribution in [3.05, 3.63) is 11.6 Å². The molecule has 1 atom stereocenters. The summed E-state index contributed by atoms with van der Waals surface area (Å²) in [6, 6.07) is 0. The normalized spacial score (nSPS) is 25.9. The summed E-state index contributed by atoms with van der Waals surface area (Å²) < 4.78 is 0. The van der Waals surface area contributed by atoms with Gasteiger partial charge < -0.3 is 4.90 Å². The second-order valence-corrected chi connectivity index (χ2v) is 7.82. The number of nitrogens with one attached hydrogen (secondary N) is 1. The fourth-order valence-electron chi connectivity index (χ4n) is 4.19. The number of aromatic nitrogens is 3. The minimum atomic E-state index is 0.385. The van der Waals surface area contributed by atoms with Gasteiger partial charge in [-0.1, -0.05) is 19.3 Å². The molecule has 1 aromatic rings. The standard InChI is InChI=1S/C18H28N4O/c23-17(11-13-4-2-1-3-5-13)22-9-8-14(12-22)10-16-19-18(21-20-16)15-6-7-15/h13-15H,1-12H2,(H,19,20,21). The molecule has 23 heavy (non-hydrogen) atoms. The molecule has 0 radical (unpaired) electrons. The molecule has 0 bridgehead atoms. The minimum Gasteiger partial charge on any atom is -0.342 e. The number of hydrogen-bond donors (Lipinski definition) is 1. The van der Waals surface area contributed by atoms with Crippen molar-refractivity contribution in [1.29, 1.82) is 0 Å². The van der Waals surface area contributed by atoms with Crippen LogP contribution in [0, 0.1) is 11.8 Å². The van der Waals surface area contributed by atoms with E-state index in [0.29, 0.717) is 23.7 Å². The molecule has 3 fully saturated rings. The first kappa shape index (κ1) is 15.2. The van der Waals surface area contributed by atoms with Crippen molar-refractivity contribution in [3.63, 3.8) is 0 Å². The highest BCUT2D eigenvalue weighted by molar-refractivity contribution is 5.76. The molecule has 0 aromatic carbocycles. The summed E-state index contributed by atoms with van der Waals surface area (Å²) in [4.78, 5) is 19.2. The highest BCUT2D eigenvalue weighted by Gasteiger charge is 2.30. The van der Waals surface area contributed by atoms with Crippen molar-refractivity contribution >= 4 is 5.91 Å². The lowest BCUT2D eigenvalue weighted by Gasteiger charge is -2.24. The zero-order valence-electron chi connectivity index (χ0n) is 14.0. The molecule has 0 spiro atoms. The molecular weight excluding hydrogens is 288 g/mol. The second-order valence-electron chi connectivity index (χ2n) is 7.82. The van der Waals surface area contributed by atoms with Gasteiger partial charge in [0.15, 0.2) is 5.82 Å². The van der Waals surface area contributed by atoms with Crippen molar-refractivity contribution in [2.75, 3.05) is 13.1 Å². The zero-order valence-corrected chi connectivity index (χ0v) is 14.0. The average molecular weight is 316 g/mol. The van der Waals surface area contributed by atoms with E-state index in [9.17, 15) is 4.79 Å². The Morgan fingerprint density at radius 1 is 1.09 bits per heavy atom. The lowest BCUT2D eigenvalue weighted by molar-refractivity contribution is -0.131. The number of rotatable bonds is 5. The molecule has 3 aliphatic rings. The SMILES string of the molecule is O=C(CC1CCCCC1)N1CCC(Cc2nc(C3CC3)n[nH]2)C1. The molecule has 1 amide bonds. The van der Waals surface area contributed by atoms with Crippen LogP contribution < -0.4 is 0 Å². The van der Waals surface area contributed by atoms with Gasteiger partial charge in [0.25, 0.3) is 0 Å². The largest absolute Gasteiger partial charge is 0.342 e. The highest BCUT2D eigenvalue weighted by Crippen LogP contribution is 2.38. The van der Waals surface area contributed by atoms with Crippen LogP contribution in [0.3, 0.4) is 0 Å². The van der Waals surface area contributed by atoms with Crippen LogP contribution in [-0.2, 0) is 11.2 Å². The Bertz CT molecular complexity index is 545. The zero-order chi connectivity index (χ0) is 15.6. The van der Waals surface area contributed by atoms with E-state index in [2.05, 4.69) is 20.1 Å². The molecular formula is C18H28N4O. The lowest BCUT2D eigenvalue weighted by atomic mass is 9.87. The van der Waals surface area contributed by atoms with Crippen LogP contribution in [0.1, 0.15) is 75.4 Å². The van der Waals surface area contributed by atoms with Crippen LogP contribution in [0.15, 0.2) is 0 Å². The van der Waals surface area contributed by atoms with Crippen molar-refractivity contribution in [2.24, 2.45) is 11.8 Å². The number of likely N-dealkylation sites (tertiary alicyclic amines) is 1. The first-order valence-electron chi connectivity index (χ1n) is 9.47. The topological polar surface area (TPSA) is 61.9 Å². The number of carbonyl (C=O) groups excluding carboxylic acids is 1. The van der Waals surface area contributed by atoms with Crippen molar-refractivity contribution in [3.8, 4) is 0 Å². The summed E-state index contributed by atoms with van der Waals surface area (Å²) in [5.41, 5.74) is 0. The van der Waals surface area contributed by atoms with Crippen LogP contribution in [-0.4, -0.2) is 39.1 Å². The molecule has 2 heterocycles. The molecule has 5 heteroatoms. The maximum Gasteiger partial charge on any atom is 0.222 e. The number of H-pyrrole nitrogens is 1. The van der Waals surface area contributed by atoms with E-state index >= 15 is 0 Å². The van der Waals surface area contributed by atoms with Gasteiger partial charge in [-0.3, -0.25) is 9.89 Å². The maximum absolute atomic E-state index is 12.5. The van der Waals surface area contributed by atoms with Crippen molar-refractivity contribution in [2.45, 2.75) is 70.1 Å². The Kier molecular flexibility index (Phi) is 4.36. The fourth-order valence-corrected chi connectivity index (χ4v) is 4.19. The maximum atomic E-state index is 12.5. The van der Waals surface area contributed by atoms with Gasteiger partial charge in [0.05, 0.1) is 0 Å². The van der Waals surface area contributed by atoms with Gasteiger partial charge in [0.1, 0.15) is 5.82 Å². The monoisotopic (exact) mass is 316 g/mol. The molecule has 126 valence electrons. The third-order valence-electron chi connectivity index (χ3n) is 5.80. The summed E-state index contributed by atoms with van der Waals surface area (Å²) in [6.07, 6.45) is 11.8. The Balaban J connectivity index is 1.25. The number of nitrogens with zero attached hydrogens (tertiary/aromatic N) is 3. The Morgan fingerprint density at radius 2 is 1.91 bits per heavy atom. The van der Waals surface area contributed by atoms with Gasteiger partial charge in [-0.05, 0) is 43.9 Å². The second kappa shape index (κ2) is 6.62. The summed E-state index contributed by atoms with van der Waals surface area (Å²) in [5.74, 6) is 4.20. The van der Waals surface area contributed by atoms with E-state index in [1.165, 1.54) is 44.9 Å². The molecule has 2 aliphatic carbocycles. The molecule has 1 unspecified atom stereocenters. The fraction of sp³-hybridized carbons (Fsp3) is 0.833. The number of carbonyl (C=O) groups is 1. The third-order valence-corrected chi connectivity index (χ3v) is 5.80. The van der Waals surface area contributed by atoms with Crippen LogP contribution in [0.2, 0.25) is 0 Å². The molecule has 1 aromatic heterocycles. The van der Waals surface area contributed by atoms with Gasteiger partial charge in [-0.2, -0.15) is 5.10 Å². The molecule has 2 saturated carbocycles. The summed E-state index contributed by atoms with van der Waals surface area (Å²) in [6.45, 7) is 1.84. The summed E-state index contributed by atoms with van der Waals surface area (Å²) >= 11 is 0. The van der Waals surface area contributed by atoms with E-state index < -0.39 is 0 Å². The van der Waals surface area contributed by atoms with Crippen LogP contribution >= 0.6 is 0 Å². The number of amides is 1. The first-order chi connectivity index (χ1) is 11.3. The predicted molar refractivity (Wildman–Crippen MR) is 87.9 cm³/mol. The van der Waals surface area contributed by atoms with E-state index in [0.717, 1.165) is 44.0 Å². The Labute approximate surface area is 138 Å². The highest BCUT2D eigenvalue weighted by atomic mass is 16.2. The Morgan fingerprint density at radius 3 is 2.70 bits per heavy atom. The summed E-state index contributed by atoms with van der Waals surface area (Å²) in [7, 11) is 0. The molecule has 4 rings (SSSR count). The molecule has 1 N–H and O–H groups in total. The minimum absolute atomic E-state index is 0.385. The third kappa shape index (κ3) is 3.75. The van der Waals surface area contributed by atoms with Crippen LogP contribution in [0.5, 0.6) is 0 Å². The summed E-state index contributed by atoms with van der Waals surface area (Å²) in [5, 5.41) is 7.43. The van der Waals surface area contributed by atoms with Gasteiger partial charge in [-0.15, -0.1) is 0 Å². The van der Waals surface area contributed by atoms with Crippen LogP contribution in [0.25, 0.3) is 0 Å². The van der Waals surface area contributed by atoms with Crippen molar-refractivity contribution < 1.29 is 4.79 Å². The van der Waals surface area contributed by atoms with E-state index in [4.69, 9.17) is 0 Å². The predicted octanol–water partition coefficient (Wildman–Crippen LogP) is 3.04. The lowest BCUT2D eigenvalue weighted by Crippen LogP contribution is -2.31. The average Bonchev–Trinajstić information content (AvgIpc) is 3.13. The molecule has 5 nitrogen and oxygen atoms in total. The number of aromatic amines is 1.